The van der Waals surface area contributed by atoms with Crippen LogP contribution >= 0.6 is 0 Å². The van der Waals surface area contributed by atoms with Crippen LogP contribution in [0.3, 0.4) is 0 Å². The molecular weight excluding hydrogens is 412 g/mol. The second-order valence-electron chi connectivity index (χ2n) is 6.90. The van der Waals surface area contributed by atoms with Gasteiger partial charge in [0.1, 0.15) is 6.54 Å². The Labute approximate surface area is 184 Å². The molecule has 32 heavy (non-hydrogen) atoms. The van der Waals surface area contributed by atoms with E-state index in [-0.39, 0.29) is 13.3 Å². The monoisotopic (exact) mass is 432 g/mol. The zero-order valence-corrected chi connectivity index (χ0v) is 17.0. The summed E-state index contributed by atoms with van der Waals surface area (Å²) in [5.41, 5.74) is 2.93. The predicted octanol–water partition coefficient (Wildman–Crippen LogP) is 2.99. The van der Waals surface area contributed by atoms with Crippen molar-refractivity contribution in [2.24, 2.45) is 0 Å². The van der Waals surface area contributed by atoms with Crippen LogP contribution in [0.15, 0.2) is 72.8 Å². The number of anilines is 1. The number of benzene rings is 3. The molecule has 4 rings (SSSR count). The maximum Gasteiger partial charge on any atom is 0.325 e. The van der Waals surface area contributed by atoms with Crippen LogP contribution in [0, 0.1) is 0 Å². The third-order valence-corrected chi connectivity index (χ3v) is 4.67. The predicted molar refractivity (Wildman–Crippen MR) is 116 cm³/mol. The van der Waals surface area contributed by atoms with E-state index in [1.165, 1.54) is 0 Å². The van der Waals surface area contributed by atoms with Crippen LogP contribution in [0.2, 0.25) is 0 Å². The maximum absolute atomic E-state index is 12.2. The summed E-state index contributed by atoms with van der Waals surface area (Å²) in [5.74, 6) is -0.523. The van der Waals surface area contributed by atoms with Crippen molar-refractivity contribution in [3.63, 3.8) is 0 Å². The Balaban J connectivity index is 1.20. The van der Waals surface area contributed by atoms with Crippen LogP contribution in [0.5, 0.6) is 11.5 Å². The molecule has 0 unspecified atom stereocenters. The quantitative estimate of drug-likeness (QED) is 0.557. The molecule has 0 radical (unpaired) electrons. The van der Waals surface area contributed by atoms with E-state index < -0.39 is 24.4 Å². The molecule has 0 spiro atoms. The van der Waals surface area contributed by atoms with Crippen LogP contribution in [-0.2, 0) is 14.3 Å². The molecule has 0 saturated carbocycles. The third kappa shape index (κ3) is 5.23. The molecule has 0 saturated heterocycles. The minimum atomic E-state index is -0.722. The molecule has 0 bridgehead atoms. The summed E-state index contributed by atoms with van der Waals surface area (Å²) < 4.78 is 15.4. The summed E-state index contributed by atoms with van der Waals surface area (Å²) in [6, 6.07) is 21.8. The van der Waals surface area contributed by atoms with Crippen molar-refractivity contribution in [1.29, 1.82) is 0 Å². The first-order chi connectivity index (χ1) is 15.6. The van der Waals surface area contributed by atoms with Crippen LogP contribution in [0.4, 0.5) is 5.69 Å². The number of amides is 2. The van der Waals surface area contributed by atoms with E-state index >= 15 is 0 Å². The average molecular weight is 432 g/mol. The Morgan fingerprint density at radius 2 is 1.56 bits per heavy atom. The zero-order chi connectivity index (χ0) is 22.3. The van der Waals surface area contributed by atoms with Crippen molar-refractivity contribution >= 4 is 23.5 Å². The highest BCUT2D eigenvalue weighted by molar-refractivity contribution is 5.97. The molecule has 2 amide bonds. The molecule has 0 aliphatic carbocycles. The Morgan fingerprint density at radius 3 is 2.34 bits per heavy atom. The first-order valence-corrected chi connectivity index (χ1v) is 9.87. The Morgan fingerprint density at radius 1 is 0.844 bits per heavy atom. The summed E-state index contributed by atoms with van der Waals surface area (Å²) in [6.07, 6.45) is 0. The molecule has 3 aromatic carbocycles. The molecule has 2 N–H and O–H groups in total. The minimum absolute atomic E-state index is 0.132. The number of esters is 1. The van der Waals surface area contributed by atoms with E-state index in [0.717, 1.165) is 11.1 Å². The lowest BCUT2D eigenvalue weighted by molar-refractivity contribution is -0.146. The second-order valence-corrected chi connectivity index (χ2v) is 6.90. The molecular formula is C24H20N2O6. The Kier molecular flexibility index (Phi) is 6.31. The van der Waals surface area contributed by atoms with Crippen molar-refractivity contribution in [3.05, 3.63) is 78.4 Å². The number of hydrogen-bond acceptors (Lipinski definition) is 6. The summed E-state index contributed by atoms with van der Waals surface area (Å²) >= 11 is 0. The topological polar surface area (TPSA) is 103 Å². The first kappa shape index (κ1) is 20.9. The van der Waals surface area contributed by atoms with Crippen molar-refractivity contribution < 1.29 is 28.6 Å². The van der Waals surface area contributed by atoms with Gasteiger partial charge >= 0.3 is 5.97 Å². The van der Waals surface area contributed by atoms with E-state index in [1.807, 2.05) is 42.5 Å². The number of carbonyl (C=O) groups excluding carboxylic acids is 3. The molecule has 3 aromatic rings. The van der Waals surface area contributed by atoms with Gasteiger partial charge in [0.2, 0.25) is 6.79 Å². The Bertz CT molecular complexity index is 1130. The normalized spacial score (nSPS) is 11.5. The van der Waals surface area contributed by atoms with Gasteiger partial charge < -0.3 is 24.8 Å². The lowest BCUT2D eigenvalue weighted by Crippen LogP contribution is -2.32. The highest BCUT2D eigenvalue weighted by atomic mass is 16.7. The Hall–Kier alpha value is -4.33. The average Bonchev–Trinajstić information content (AvgIpc) is 3.30. The van der Waals surface area contributed by atoms with Gasteiger partial charge in [-0.1, -0.05) is 42.5 Å². The summed E-state index contributed by atoms with van der Waals surface area (Å²) in [7, 11) is 0. The number of hydrogen-bond donors (Lipinski definition) is 2. The SMILES string of the molecule is O=C(COC(=O)CNC(=O)c1ccc(-c2ccccc2)cc1)Nc1ccc2c(c1)OCO2. The van der Waals surface area contributed by atoms with E-state index in [0.29, 0.717) is 22.7 Å². The van der Waals surface area contributed by atoms with Gasteiger partial charge in [0.15, 0.2) is 18.1 Å². The number of rotatable bonds is 7. The summed E-state index contributed by atoms with van der Waals surface area (Å²) in [5, 5.41) is 5.08. The van der Waals surface area contributed by atoms with Crippen molar-refractivity contribution in [3.8, 4) is 22.6 Å². The molecule has 8 nitrogen and oxygen atoms in total. The number of carbonyl (C=O) groups is 3. The van der Waals surface area contributed by atoms with Crippen LogP contribution in [0.1, 0.15) is 10.4 Å². The molecule has 1 aliphatic rings. The maximum atomic E-state index is 12.2. The van der Waals surface area contributed by atoms with Crippen LogP contribution in [0.25, 0.3) is 11.1 Å². The van der Waals surface area contributed by atoms with Gasteiger partial charge in [-0.3, -0.25) is 14.4 Å². The van der Waals surface area contributed by atoms with E-state index in [4.69, 9.17) is 14.2 Å². The fourth-order valence-electron chi connectivity index (χ4n) is 3.07. The first-order valence-electron chi connectivity index (χ1n) is 9.87. The molecule has 1 aliphatic heterocycles. The molecule has 8 heteroatoms. The standard InChI is InChI=1S/C24H20N2O6/c27-22(26-19-10-11-20-21(12-19)32-15-31-20)14-30-23(28)13-25-24(29)18-8-6-17(7-9-18)16-4-2-1-3-5-16/h1-12H,13-15H2,(H,25,29)(H,26,27). The number of fused-ring (bicyclic) bond motifs is 1. The van der Waals surface area contributed by atoms with E-state index in [1.54, 1.807) is 30.3 Å². The minimum Gasteiger partial charge on any atom is -0.454 e. The molecule has 1 heterocycles. The highest BCUT2D eigenvalue weighted by Gasteiger charge is 2.15. The number of ether oxygens (including phenoxy) is 3. The fraction of sp³-hybridized carbons (Fsp3) is 0.125. The molecule has 0 atom stereocenters. The van der Waals surface area contributed by atoms with E-state index in [9.17, 15) is 14.4 Å². The van der Waals surface area contributed by atoms with Crippen LogP contribution < -0.4 is 20.1 Å². The lowest BCUT2D eigenvalue weighted by atomic mass is 10.0. The highest BCUT2D eigenvalue weighted by Crippen LogP contribution is 2.34. The van der Waals surface area contributed by atoms with Gasteiger partial charge in [-0.2, -0.15) is 0 Å². The summed E-state index contributed by atoms with van der Waals surface area (Å²) in [6.45, 7) is -0.696. The third-order valence-electron chi connectivity index (χ3n) is 4.67. The van der Waals surface area contributed by atoms with Gasteiger partial charge in [0, 0.05) is 17.3 Å². The molecule has 0 aromatic heterocycles. The van der Waals surface area contributed by atoms with Gasteiger partial charge in [-0.25, -0.2) is 0 Å². The van der Waals surface area contributed by atoms with Gasteiger partial charge in [-0.15, -0.1) is 0 Å². The van der Waals surface area contributed by atoms with Crippen LogP contribution in [-0.4, -0.2) is 37.7 Å². The lowest BCUT2D eigenvalue weighted by Gasteiger charge is -2.08. The van der Waals surface area contributed by atoms with E-state index in [2.05, 4.69) is 10.6 Å². The van der Waals surface area contributed by atoms with Crippen molar-refractivity contribution in [2.75, 3.05) is 25.3 Å². The van der Waals surface area contributed by atoms with Gasteiger partial charge in [-0.05, 0) is 35.4 Å². The fourth-order valence-corrected chi connectivity index (χ4v) is 3.07. The zero-order valence-electron chi connectivity index (χ0n) is 17.0. The van der Waals surface area contributed by atoms with Crippen molar-refractivity contribution in [1.82, 2.24) is 5.32 Å². The summed E-state index contributed by atoms with van der Waals surface area (Å²) in [4.78, 5) is 36.1. The second kappa shape index (κ2) is 9.65. The van der Waals surface area contributed by atoms with Gasteiger partial charge in [0.25, 0.3) is 11.8 Å². The molecule has 162 valence electrons. The largest absolute Gasteiger partial charge is 0.454 e. The van der Waals surface area contributed by atoms with Gasteiger partial charge in [0.05, 0.1) is 0 Å². The molecule has 0 fully saturated rings. The smallest absolute Gasteiger partial charge is 0.325 e. The number of nitrogens with one attached hydrogen (secondary N) is 2. The van der Waals surface area contributed by atoms with Crippen molar-refractivity contribution in [2.45, 2.75) is 0 Å².